The lowest BCUT2D eigenvalue weighted by molar-refractivity contribution is 0.668. The summed E-state index contributed by atoms with van der Waals surface area (Å²) in [5.74, 6) is 0. The van der Waals surface area contributed by atoms with Crippen molar-refractivity contribution in [1.29, 1.82) is 0 Å². The lowest BCUT2D eigenvalue weighted by Gasteiger charge is -2.26. The topological polar surface area (TPSA) is 29.5 Å². The number of fused-ring (bicyclic) bond motifs is 7. The molecule has 0 fully saturated rings. The first-order valence-electron chi connectivity index (χ1n) is 20.7. The van der Waals surface area contributed by atoms with Gasteiger partial charge in [-0.25, -0.2) is 0 Å². The molecule has 286 valence electrons. The van der Waals surface area contributed by atoms with Crippen LogP contribution in [-0.2, 0) is 0 Å². The quantitative estimate of drug-likeness (QED) is 0.161. The van der Waals surface area contributed by atoms with Crippen molar-refractivity contribution < 1.29 is 8.83 Å². The van der Waals surface area contributed by atoms with Gasteiger partial charge in [0, 0.05) is 44.7 Å². The Morgan fingerprint density at radius 3 is 1.25 bits per heavy atom. The van der Waals surface area contributed by atoms with Crippen molar-refractivity contribution in [2.24, 2.45) is 0 Å². The van der Waals surface area contributed by atoms with Crippen LogP contribution in [0.25, 0.3) is 99.2 Å². The van der Waals surface area contributed by atoms with Gasteiger partial charge in [-0.3, -0.25) is 0 Å². The van der Waals surface area contributed by atoms with Gasteiger partial charge in [-0.15, -0.1) is 0 Å². The SMILES string of the molecule is c1cc(-c2ccc(N(c3ccc(-c4ccc5c(c4)oc4ccccc45)cc3)c3ccc4c(c3)oc3ccccc34)cc2)cc(-c2cccc(-c3ccc4ccccc4c3)c2)c1. The Labute approximate surface area is 353 Å². The van der Waals surface area contributed by atoms with E-state index in [0.29, 0.717) is 0 Å². The van der Waals surface area contributed by atoms with E-state index in [1.165, 1.54) is 38.6 Å². The predicted octanol–water partition coefficient (Wildman–Crippen LogP) is 16.8. The number of benzene rings is 10. The van der Waals surface area contributed by atoms with E-state index in [1.54, 1.807) is 0 Å². The summed E-state index contributed by atoms with van der Waals surface area (Å²) in [6, 6.07) is 80.1. The second kappa shape index (κ2) is 14.3. The van der Waals surface area contributed by atoms with Crippen molar-refractivity contribution in [2.45, 2.75) is 0 Å². The molecule has 2 heterocycles. The van der Waals surface area contributed by atoms with Crippen LogP contribution in [0.3, 0.4) is 0 Å². The average molecular weight is 780 g/mol. The van der Waals surface area contributed by atoms with Crippen molar-refractivity contribution in [2.75, 3.05) is 4.90 Å². The van der Waals surface area contributed by atoms with Crippen LogP contribution in [0.15, 0.2) is 233 Å². The van der Waals surface area contributed by atoms with Gasteiger partial charge < -0.3 is 13.7 Å². The predicted molar refractivity (Wildman–Crippen MR) is 255 cm³/mol. The summed E-state index contributed by atoms with van der Waals surface area (Å²) in [7, 11) is 0. The van der Waals surface area contributed by atoms with Crippen molar-refractivity contribution in [3.8, 4) is 44.5 Å². The Balaban J connectivity index is 0.890. The zero-order valence-corrected chi connectivity index (χ0v) is 33.1. The molecule has 10 aromatic carbocycles. The van der Waals surface area contributed by atoms with Crippen molar-refractivity contribution in [1.82, 2.24) is 0 Å². The summed E-state index contributed by atoms with van der Waals surface area (Å²) < 4.78 is 12.6. The van der Waals surface area contributed by atoms with Gasteiger partial charge in [0.1, 0.15) is 22.3 Å². The lowest BCUT2D eigenvalue weighted by atomic mass is 9.95. The molecule has 3 nitrogen and oxygen atoms in total. The van der Waals surface area contributed by atoms with E-state index < -0.39 is 0 Å². The van der Waals surface area contributed by atoms with E-state index in [2.05, 4.69) is 205 Å². The van der Waals surface area contributed by atoms with E-state index >= 15 is 0 Å². The average Bonchev–Trinajstić information content (AvgIpc) is 3.90. The molecule has 0 saturated heterocycles. The van der Waals surface area contributed by atoms with Crippen LogP contribution in [0.2, 0.25) is 0 Å². The summed E-state index contributed by atoms with van der Waals surface area (Å²) in [4.78, 5) is 2.30. The summed E-state index contributed by atoms with van der Waals surface area (Å²) in [6.45, 7) is 0. The summed E-state index contributed by atoms with van der Waals surface area (Å²) in [6.07, 6.45) is 0. The lowest BCUT2D eigenvalue weighted by Crippen LogP contribution is -2.09. The minimum absolute atomic E-state index is 0.859. The number of hydrogen-bond donors (Lipinski definition) is 0. The smallest absolute Gasteiger partial charge is 0.137 e. The molecule has 12 rings (SSSR count). The van der Waals surface area contributed by atoms with Crippen molar-refractivity contribution in [3.63, 3.8) is 0 Å². The maximum Gasteiger partial charge on any atom is 0.137 e. The van der Waals surface area contributed by atoms with E-state index in [0.717, 1.165) is 77.6 Å². The van der Waals surface area contributed by atoms with Gasteiger partial charge >= 0.3 is 0 Å². The molecule has 61 heavy (non-hydrogen) atoms. The Bertz CT molecular complexity index is 3590. The summed E-state index contributed by atoms with van der Waals surface area (Å²) >= 11 is 0. The largest absolute Gasteiger partial charge is 0.456 e. The zero-order valence-electron chi connectivity index (χ0n) is 33.1. The van der Waals surface area contributed by atoms with Gasteiger partial charge in [0.05, 0.1) is 0 Å². The first-order valence-corrected chi connectivity index (χ1v) is 20.7. The van der Waals surface area contributed by atoms with E-state index in [1.807, 2.05) is 24.3 Å². The van der Waals surface area contributed by atoms with E-state index in [9.17, 15) is 0 Å². The molecule has 0 atom stereocenters. The number of para-hydroxylation sites is 2. The van der Waals surface area contributed by atoms with Crippen LogP contribution in [0.5, 0.6) is 0 Å². The molecule has 12 aromatic rings. The molecule has 0 aliphatic heterocycles. The molecular weight excluding hydrogens is 743 g/mol. The molecular formula is C58H37NO2. The fourth-order valence-corrected chi connectivity index (χ4v) is 8.94. The first-order chi connectivity index (χ1) is 30.2. The van der Waals surface area contributed by atoms with E-state index in [-0.39, 0.29) is 0 Å². The molecule has 0 amide bonds. The first kappa shape index (κ1) is 34.9. The molecule has 3 heteroatoms. The van der Waals surface area contributed by atoms with Gasteiger partial charge in [-0.2, -0.15) is 0 Å². The molecule has 0 unspecified atom stereocenters. The molecule has 0 aliphatic rings. The normalized spacial score (nSPS) is 11.6. The van der Waals surface area contributed by atoms with Crippen LogP contribution in [0.4, 0.5) is 17.1 Å². The van der Waals surface area contributed by atoms with Gasteiger partial charge in [-0.1, -0.05) is 140 Å². The van der Waals surface area contributed by atoms with Crippen molar-refractivity contribution in [3.05, 3.63) is 224 Å². The second-order valence-corrected chi connectivity index (χ2v) is 15.7. The number of hydrogen-bond acceptors (Lipinski definition) is 3. The molecule has 0 spiro atoms. The van der Waals surface area contributed by atoms with Crippen LogP contribution < -0.4 is 4.90 Å². The van der Waals surface area contributed by atoms with Crippen LogP contribution >= 0.6 is 0 Å². The van der Waals surface area contributed by atoms with Crippen LogP contribution in [0.1, 0.15) is 0 Å². The highest BCUT2D eigenvalue weighted by molar-refractivity contribution is 6.07. The third-order valence-corrected chi connectivity index (χ3v) is 12.1. The van der Waals surface area contributed by atoms with Crippen LogP contribution in [-0.4, -0.2) is 0 Å². The number of furan rings is 2. The standard InChI is InChI=1S/C58H37NO2/c1-2-10-41-34-46(20-19-38(41)9-1)45-14-8-13-44(35-45)43-12-7-11-42(33-43)39-21-26-48(27-22-39)59(50-30-32-54-52-16-4-6-18-56(52)61-58(54)37-50)49-28-23-40(24-29-49)47-25-31-53-51-15-3-5-17-55(51)60-57(53)36-47/h1-37H. The Hall–Kier alpha value is -8.14. The molecule has 0 saturated carbocycles. The third-order valence-electron chi connectivity index (χ3n) is 12.1. The number of nitrogens with zero attached hydrogens (tertiary/aromatic N) is 1. The molecule has 0 bridgehead atoms. The van der Waals surface area contributed by atoms with Gasteiger partial charge in [0.25, 0.3) is 0 Å². The molecule has 0 N–H and O–H groups in total. The molecule has 0 radical (unpaired) electrons. The van der Waals surface area contributed by atoms with Gasteiger partial charge in [0.15, 0.2) is 0 Å². The van der Waals surface area contributed by atoms with Gasteiger partial charge in [-0.05, 0) is 134 Å². The highest BCUT2D eigenvalue weighted by Gasteiger charge is 2.17. The maximum atomic E-state index is 6.39. The highest BCUT2D eigenvalue weighted by Crippen LogP contribution is 2.41. The minimum Gasteiger partial charge on any atom is -0.456 e. The Morgan fingerprint density at radius 2 is 0.639 bits per heavy atom. The highest BCUT2D eigenvalue weighted by atomic mass is 16.3. The van der Waals surface area contributed by atoms with Crippen LogP contribution in [0, 0.1) is 0 Å². The fourth-order valence-electron chi connectivity index (χ4n) is 8.94. The number of rotatable bonds is 7. The zero-order chi connectivity index (χ0) is 40.3. The monoisotopic (exact) mass is 779 g/mol. The van der Waals surface area contributed by atoms with Crippen molar-refractivity contribution >= 4 is 71.7 Å². The Morgan fingerprint density at radius 1 is 0.230 bits per heavy atom. The fraction of sp³-hybridized carbons (Fsp3) is 0. The number of anilines is 3. The Kier molecular flexibility index (Phi) is 8.17. The minimum atomic E-state index is 0.859. The summed E-state index contributed by atoms with van der Waals surface area (Å²) in [5.41, 5.74) is 16.0. The van der Waals surface area contributed by atoms with E-state index in [4.69, 9.17) is 8.83 Å². The van der Waals surface area contributed by atoms with Gasteiger partial charge in [0.2, 0.25) is 0 Å². The molecule has 0 aliphatic carbocycles. The third kappa shape index (κ3) is 6.23. The maximum absolute atomic E-state index is 6.39. The second-order valence-electron chi connectivity index (χ2n) is 15.7. The molecule has 2 aromatic heterocycles. The summed E-state index contributed by atoms with van der Waals surface area (Å²) in [5, 5.41) is 6.99.